The third-order valence-corrected chi connectivity index (χ3v) is 2.95. The molecule has 5 heteroatoms. The van der Waals surface area contributed by atoms with Crippen LogP contribution in [0.25, 0.3) is 17.0 Å². The fraction of sp³-hybridized carbons (Fsp3) is 0.0769. The van der Waals surface area contributed by atoms with E-state index in [1.54, 1.807) is 17.7 Å². The Bertz CT molecular complexity index is 708. The van der Waals surface area contributed by atoms with E-state index in [0.29, 0.717) is 16.6 Å². The van der Waals surface area contributed by atoms with Crippen LogP contribution in [0.4, 0.5) is 0 Å². The number of fused-ring (bicyclic) bond motifs is 1. The number of methoxy groups -OCH3 is 1. The second-order valence-corrected chi connectivity index (χ2v) is 4.14. The van der Waals surface area contributed by atoms with Gasteiger partial charge in [-0.25, -0.2) is 9.50 Å². The summed E-state index contributed by atoms with van der Waals surface area (Å²) in [7, 11) is 1.63. The molecular weight excluding hydrogens is 250 g/mol. The molecule has 0 radical (unpaired) electrons. The minimum Gasteiger partial charge on any atom is -0.496 e. The van der Waals surface area contributed by atoms with Gasteiger partial charge in [-0.15, -0.1) is 5.10 Å². The van der Waals surface area contributed by atoms with E-state index < -0.39 is 0 Å². The van der Waals surface area contributed by atoms with Crippen molar-refractivity contribution in [2.24, 2.45) is 0 Å². The van der Waals surface area contributed by atoms with Gasteiger partial charge in [-0.05, 0) is 24.3 Å². The molecule has 3 rings (SSSR count). The molecule has 0 saturated carbocycles. The first-order chi connectivity index (χ1) is 8.79. The Labute approximate surface area is 109 Å². The highest BCUT2D eigenvalue weighted by Crippen LogP contribution is 2.27. The van der Waals surface area contributed by atoms with Gasteiger partial charge in [0.25, 0.3) is 0 Å². The van der Waals surface area contributed by atoms with Crippen molar-refractivity contribution in [2.45, 2.75) is 0 Å². The van der Waals surface area contributed by atoms with Crippen LogP contribution in [0.15, 0.2) is 42.5 Å². The lowest BCUT2D eigenvalue weighted by molar-refractivity contribution is 0.416. The molecule has 0 aliphatic carbocycles. The van der Waals surface area contributed by atoms with Crippen molar-refractivity contribution in [3.8, 4) is 17.1 Å². The molecule has 0 atom stereocenters. The number of rotatable bonds is 2. The Morgan fingerprint density at radius 1 is 1.11 bits per heavy atom. The van der Waals surface area contributed by atoms with Gasteiger partial charge in [0, 0.05) is 0 Å². The fourth-order valence-corrected chi connectivity index (χ4v) is 2.01. The second kappa shape index (κ2) is 4.31. The molecule has 2 aromatic heterocycles. The predicted octanol–water partition coefficient (Wildman–Crippen LogP) is 3.06. The summed E-state index contributed by atoms with van der Waals surface area (Å²) in [5.41, 5.74) is 1.56. The molecule has 0 bridgehead atoms. The van der Waals surface area contributed by atoms with E-state index in [1.165, 1.54) is 0 Å². The van der Waals surface area contributed by atoms with Gasteiger partial charge in [0.15, 0.2) is 11.5 Å². The Balaban J connectivity index is 2.23. The highest BCUT2D eigenvalue weighted by molar-refractivity contribution is 6.29. The Morgan fingerprint density at radius 2 is 1.94 bits per heavy atom. The molecule has 0 unspecified atom stereocenters. The summed E-state index contributed by atoms with van der Waals surface area (Å²) >= 11 is 6.06. The molecule has 0 aliphatic rings. The van der Waals surface area contributed by atoms with Gasteiger partial charge in [0.05, 0.1) is 12.7 Å². The lowest BCUT2D eigenvalue weighted by Gasteiger charge is -2.03. The number of aromatic nitrogens is 3. The van der Waals surface area contributed by atoms with E-state index in [1.807, 2.05) is 36.4 Å². The SMILES string of the molecule is COc1ccccc1-c1nc2cccc(Cl)n2n1. The van der Waals surface area contributed by atoms with Crippen molar-refractivity contribution < 1.29 is 4.74 Å². The van der Waals surface area contributed by atoms with E-state index in [9.17, 15) is 0 Å². The molecular formula is C13H10ClN3O. The first kappa shape index (κ1) is 11.0. The minimum atomic E-state index is 0.529. The van der Waals surface area contributed by atoms with Crippen LogP contribution >= 0.6 is 11.6 Å². The molecule has 0 N–H and O–H groups in total. The smallest absolute Gasteiger partial charge is 0.185 e. The number of para-hydroxylation sites is 1. The normalized spacial score (nSPS) is 10.8. The average Bonchev–Trinajstić information content (AvgIpc) is 2.84. The van der Waals surface area contributed by atoms with Crippen LogP contribution in [0.5, 0.6) is 5.75 Å². The standard InChI is InChI=1S/C13H10ClN3O/c1-18-10-6-3-2-5-9(10)13-15-12-8-4-7-11(14)17(12)16-13/h2-8H,1H3. The zero-order valence-electron chi connectivity index (χ0n) is 9.67. The molecule has 0 spiro atoms. The van der Waals surface area contributed by atoms with E-state index in [0.717, 1.165) is 11.3 Å². The molecule has 90 valence electrons. The molecule has 3 aromatic rings. The minimum absolute atomic E-state index is 0.529. The first-order valence-electron chi connectivity index (χ1n) is 5.44. The Kier molecular flexibility index (Phi) is 2.64. The van der Waals surface area contributed by atoms with Crippen molar-refractivity contribution in [3.63, 3.8) is 0 Å². The molecule has 0 amide bonds. The van der Waals surface area contributed by atoms with Gasteiger partial charge in [0.1, 0.15) is 10.9 Å². The van der Waals surface area contributed by atoms with Gasteiger partial charge >= 0.3 is 0 Å². The summed E-state index contributed by atoms with van der Waals surface area (Å²) in [6, 6.07) is 13.1. The third-order valence-electron chi connectivity index (χ3n) is 2.66. The van der Waals surface area contributed by atoms with Crippen LogP contribution in [0.2, 0.25) is 5.15 Å². The number of hydrogen-bond acceptors (Lipinski definition) is 3. The van der Waals surface area contributed by atoms with Crippen molar-refractivity contribution in [1.82, 2.24) is 14.6 Å². The maximum absolute atomic E-state index is 6.06. The van der Waals surface area contributed by atoms with Gasteiger partial charge in [0.2, 0.25) is 0 Å². The van der Waals surface area contributed by atoms with Crippen LogP contribution in [0.3, 0.4) is 0 Å². The molecule has 18 heavy (non-hydrogen) atoms. The van der Waals surface area contributed by atoms with Gasteiger partial charge in [-0.1, -0.05) is 29.8 Å². The largest absolute Gasteiger partial charge is 0.496 e. The highest BCUT2D eigenvalue weighted by Gasteiger charge is 2.11. The topological polar surface area (TPSA) is 39.4 Å². The Morgan fingerprint density at radius 3 is 2.72 bits per heavy atom. The predicted molar refractivity (Wildman–Crippen MR) is 70.0 cm³/mol. The van der Waals surface area contributed by atoms with E-state index >= 15 is 0 Å². The van der Waals surface area contributed by atoms with E-state index in [4.69, 9.17) is 16.3 Å². The molecule has 2 heterocycles. The molecule has 1 aromatic carbocycles. The molecule has 0 aliphatic heterocycles. The molecule has 0 fully saturated rings. The summed E-state index contributed by atoms with van der Waals surface area (Å²) in [5, 5.41) is 4.91. The van der Waals surface area contributed by atoms with Crippen molar-refractivity contribution >= 4 is 17.2 Å². The van der Waals surface area contributed by atoms with E-state index in [2.05, 4.69) is 10.1 Å². The zero-order chi connectivity index (χ0) is 12.5. The summed E-state index contributed by atoms with van der Waals surface area (Å²) in [4.78, 5) is 4.44. The Hall–Kier alpha value is -2.07. The monoisotopic (exact) mass is 259 g/mol. The quantitative estimate of drug-likeness (QED) is 0.664. The summed E-state index contributed by atoms with van der Waals surface area (Å²) in [6.45, 7) is 0. The average molecular weight is 260 g/mol. The lowest BCUT2D eigenvalue weighted by atomic mass is 10.2. The number of benzene rings is 1. The lowest BCUT2D eigenvalue weighted by Crippen LogP contribution is -1.90. The zero-order valence-corrected chi connectivity index (χ0v) is 10.4. The van der Waals surface area contributed by atoms with Crippen molar-refractivity contribution in [2.75, 3.05) is 7.11 Å². The number of pyridine rings is 1. The van der Waals surface area contributed by atoms with Crippen molar-refractivity contribution in [1.29, 1.82) is 0 Å². The number of halogens is 1. The first-order valence-corrected chi connectivity index (χ1v) is 5.82. The molecule has 4 nitrogen and oxygen atoms in total. The number of nitrogens with zero attached hydrogens (tertiary/aromatic N) is 3. The van der Waals surface area contributed by atoms with Crippen LogP contribution in [-0.4, -0.2) is 21.7 Å². The van der Waals surface area contributed by atoms with E-state index in [-0.39, 0.29) is 0 Å². The second-order valence-electron chi connectivity index (χ2n) is 3.75. The number of ether oxygens (including phenoxy) is 1. The summed E-state index contributed by atoms with van der Waals surface area (Å²) < 4.78 is 6.90. The van der Waals surface area contributed by atoms with Crippen LogP contribution < -0.4 is 4.74 Å². The third kappa shape index (κ3) is 1.71. The van der Waals surface area contributed by atoms with Gasteiger partial charge < -0.3 is 4.74 Å². The summed E-state index contributed by atoms with van der Waals surface area (Å²) in [6.07, 6.45) is 0. The maximum Gasteiger partial charge on any atom is 0.185 e. The van der Waals surface area contributed by atoms with Gasteiger partial charge in [-0.3, -0.25) is 0 Å². The fourth-order valence-electron chi connectivity index (χ4n) is 1.82. The van der Waals surface area contributed by atoms with Crippen LogP contribution in [-0.2, 0) is 0 Å². The summed E-state index contributed by atoms with van der Waals surface area (Å²) in [5.74, 6) is 1.34. The number of hydrogen-bond donors (Lipinski definition) is 0. The van der Waals surface area contributed by atoms with Crippen LogP contribution in [0, 0.1) is 0 Å². The molecule has 0 saturated heterocycles. The van der Waals surface area contributed by atoms with Crippen LogP contribution in [0.1, 0.15) is 0 Å². The maximum atomic E-state index is 6.06. The van der Waals surface area contributed by atoms with Crippen molar-refractivity contribution in [3.05, 3.63) is 47.6 Å². The van der Waals surface area contributed by atoms with Gasteiger partial charge in [-0.2, -0.15) is 0 Å². The highest BCUT2D eigenvalue weighted by atomic mass is 35.5.